The minimum absolute atomic E-state index is 0.0137. The van der Waals surface area contributed by atoms with Gasteiger partial charge >= 0.3 is 6.18 Å². The SMILES string of the molecule is C=NC(=Nc1ccc2oc(C)cc2c1)NC(=O)c1ccc(C(=O)NCC(F)(F)F)cc1. The number of rotatable bonds is 4. The average Bonchev–Trinajstić information content (AvgIpc) is 3.10. The average molecular weight is 430 g/mol. The van der Waals surface area contributed by atoms with E-state index in [0.717, 1.165) is 11.1 Å². The van der Waals surface area contributed by atoms with Gasteiger partial charge in [-0.1, -0.05) is 0 Å². The maximum absolute atomic E-state index is 12.4. The van der Waals surface area contributed by atoms with Gasteiger partial charge in [0.2, 0.25) is 5.96 Å². The summed E-state index contributed by atoms with van der Waals surface area (Å²) in [5.74, 6) is -0.767. The molecule has 7 nitrogen and oxygen atoms in total. The lowest BCUT2D eigenvalue weighted by atomic mass is 10.1. The van der Waals surface area contributed by atoms with Crippen molar-refractivity contribution >= 4 is 41.1 Å². The summed E-state index contributed by atoms with van der Waals surface area (Å²) in [7, 11) is 0. The quantitative estimate of drug-likeness (QED) is 0.481. The first kappa shape index (κ1) is 21.8. The fourth-order valence-corrected chi connectivity index (χ4v) is 2.69. The number of benzene rings is 2. The first-order valence-corrected chi connectivity index (χ1v) is 8.96. The predicted molar refractivity (Wildman–Crippen MR) is 110 cm³/mol. The van der Waals surface area contributed by atoms with Crippen molar-refractivity contribution < 1.29 is 27.2 Å². The minimum atomic E-state index is -4.51. The van der Waals surface area contributed by atoms with E-state index >= 15 is 0 Å². The van der Waals surface area contributed by atoms with Gasteiger partial charge in [-0.25, -0.2) is 9.98 Å². The van der Waals surface area contributed by atoms with Gasteiger partial charge in [0.05, 0.1) is 5.69 Å². The fraction of sp³-hybridized carbons (Fsp3) is 0.143. The van der Waals surface area contributed by atoms with Crippen LogP contribution in [-0.2, 0) is 0 Å². The van der Waals surface area contributed by atoms with Gasteiger partial charge in [0.15, 0.2) is 0 Å². The molecule has 0 aliphatic carbocycles. The number of carbonyl (C=O) groups excluding carboxylic acids is 2. The Bertz CT molecular complexity index is 1160. The molecule has 0 radical (unpaired) electrons. The van der Waals surface area contributed by atoms with Gasteiger partial charge in [-0.15, -0.1) is 0 Å². The molecule has 0 aliphatic rings. The number of furan rings is 1. The van der Waals surface area contributed by atoms with Crippen molar-refractivity contribution in [3.63, 3.8) is 0 Å². The molecule has 0 unspecified atom stereocenters. The van der Waals surface area contributed by atoms with Crippen molar-refractivity contribution in [2.75, 3.05) is 6.54 Å². The number of hydrogen-bond acceptors (Lipinski definition) is 4. The van der Waals surface area contributed by atoms with E-state index in [1.54, 1.807) is 23.5 Å². The lowest BCUT2D eigenvalue weighted by Gasteiger charge is -2.09. The summed E-state index contributed by atoms with van der Waals surface area (Å²) >= 11 is 0. The van der Waals surface area contributed by atoms with Crippen molar-refractivity contribution in [3.05, 3.63) is 65.4 Å². The maximum atomic E-state index is 12.4. The Morgan fingerprint density at radius 1 is 1.03 bits per heavy atom. The van der Waals surface area contributed by atoms with Gasteiger partial charge in [-0.2, -0.15) is 13.2 Å². The van der Waals surface area contributed by atoms with E-state index in [1.807, 2.05) is 13.0 Å². The smallest absolute Gasteiger partial charge is 0.405 e. The number of fused-ring (bicyclic) bond motifs is 1. The third-order valence-electron chi connectivity index (χ3n) is 4.09. The Morgan fingerprint density at radius 3 is 2.29 bits per heavy atom. The van der Waals surface area contributed by atoms with E-state index in [0.29, 0.717) is 11.3 Å². The molecule has 1 aromatic heterocycles. The highest BCUT2D eigenvalue weighted by atomic mass is 19.4. The monoisotopic (exact) mass is 430 g/mol. The van der Waals surface area contributed by atoms with E-state index in [4.69, 9.17) is 4.42 Å². The number of nitrogens with one attached hydrogen (secondary N) is 2. The second-order valence-electron chi connectivity index (χ2n) is 6.50. The molecule has 0 fully saturated rings. The summed E-state index contributed by atoms with van der Waals surface area (Å²) in [6.45, 7) is 3.77. The van der Waals surface area contributed by atoms with Gasteiger partial charge in [-0.05, 0) is 62.2 Å². The number of carbonyl (C=O) groups is 2. The van der Waals surface area contributed by atoms with Crippen LogP contribution in [0.3, 0.4) is 0 Å². The van der Waals surface area contributed by atoms with Crippen LogP contribution >= 0.6 is 0 Å². The van der Waals surface area contributed by atoms with Crippen molar-refractivity contribution in [2.24, 2.45) is 9.98 Å². The second-order valence-corrected chi connectivity index (χ2v) is 6.50. The van der Waals surface area contributed by atoms with Crippen molar-refractivity contribution in [1.29, 1.82) is 0 Å². The summed E-state index contributed by atoms with van der Waals surface area (Å²) in [4.78, 5) is 32.1. The van der Waals surface area contributed by atoms with Crippen LogP contribution in [0.4, 0.5) is 18.9 Å². The van der Waals surface area contributed by atoms with Crippen LogP contribution in [0.25, 0.3) is 11.0 Å². The van der Waals surface area contributed by atoms with Gasteiger partial charge in [0, 0.05) is 16.5 Å². The highest BCUT2D eigenvalue weighted by molar-refractivity contribution is 6.07. The topological polar surface area (TPSA) is 96.1 Å². The predicted octanol–water partition coefficient (Wildman–Crippen LogP) is 4.15. The third-order valence-corrected chi connectivity index (χ3v) is 4.09. The molecule has 3 rings (SSSR count). The van der Waals surface area contributed by atoms with E-state index in [2.05, 4.69) is 22.0 Å². The van der Waals surface area contributed by atoms with Crippen LogP contribution in [0.15, 0.2) is 62.9 Å². The number of amides is 2. The number of hydrogen-bond donors (Lipinski definition) is 2. The molecule has 160 valence electrons. The molecular weight excluding hydrogens is 413 g/mol. The fourth-order valence-electron chi connectivity index (χ4n) is 2.69. The van der Waals surface area contributed by atoms with Gasteiger partial charge < -0.3 is 9.73 Å². The zero-order valence-electron chi connectivity index (χ0n) is 16.3. The molecule has 1 heterocycles. The summed E-state index contributed by atoms with van der Waals surface area (Å²) in [5, 5.41) is 5.09. The number of nitrogens with zero attached hydrogens (tertiary/aromatic N) is 2. The Morgan fingerprint density at radius 2 is 1.68 bits per heavy atom. The standard InChI is InChI=1S/C21H17F3N4O3/c1-12-9-15-10-16(7-8-17(15)31-12)27-20(25-2)28-19(30)14-5-3-13(4-6-14)18(29)26-11-21(22,23)24/h3-10H,2,11H2,1H3,(H,26,29)(H,27,28,30). The molecule has 2 aromatic carbocycles. The van der Waals surface area contributed by atoms with E-state index in [9.17, 15) is 22.8 Å². The van der Waals surface area contributed by atoms with Gasteiger partial charge in [0.25, 0.3) is 11.8 Å². The lowest BCUT2D eigenvalue weighted by Crippen LogP contribution is -2.33. The first-order chi connectivity index (χ1) is 14.6. The minimum Gasteiger partial charge on any atom is -0.461 e. The first-order valence-electron chi connectivity index (χ1n) is 8.96. The summed E-state index contributed by atoms with van der Waals surface area (Å²) in [6.07, 6.45) is -4.51. The largest absolute Gasteiger partial charge is 0.461 e. The molecule has 10 heteroatoms. The lowest BCUT2D eigenvalue weighted by molar-refractivity contribution is -0.123. The summed E-state index contributed by atoms with van der Waals surface area (Å²) in [6, 6.07) is 12.1. The molecule has 0 atom stereocenters. The Labute approximate surface area is 174 Å². The zero-order valence-corrected chi connectivity index (χ0v) is 16.3. The molecule has 2 amide bonds. The van der Waals surface area contributed by atoms with E-state index < -0.39 is 24.5 Å². The van der Waals surface area contributed by atoms with Crippen LogP contribution in [-0.4, -0.2) is 37.2 Å². The number of halogens is 3. The highest BCUT2D eigenvalue weighted by Gasteiger charge is 2.27. The molecule has 2 N–H and O–H groups in total. The highest BCUT2D eigenvalue weighted by Crippen LogP contribution is 2.24. The number of alkyl halides is 3. The molecule has 0 spiro atoms. The molecule has 0 aliphatic heterocycles. The molecule has 0 bridgehead atoms. The molecule has 0 saturated carbocycles. The second kappa shape index (κ2) is 8.82. The zero-order chi connectivity index (χ0) is 22.6. The summed E-state index contributed by atoms with van der Waals surface area (Å²) < 4.78 is 42.1. The molecule has 0 saturated heterocycles. The van der Waals surface area contributed by atoms with Crippen molar-refractivity contribution in [3.8, 4) is 0 Å². The maximum Gasteiger partial charge on any atom is 0.405 e. The van der Waals surface area contributed by atoms with Crippen LogP contribution in [0.1, 0.15) is 26.5 Å². The Balaban J connectivity index is 1.69. The number of guanidine groups is 1. The van der Waals surface area contributed by atoms with Crippen molar-refractivity contribution in [2.45, 2.75) is 13.1 Å². The van der Waals surface area contributed by atoms with Crippen molar-refractivity contribution in [1.82, 2.24) is 10.6 Å². The Kier molecular flexibility index (Phi) is 6.19. The van der Waals surface area contributed by atoms with Crippen LogP contribution in [0.5, 0.6) is 0 Å². The van der Waals surface area contributed by atoms with Gasteiger partial charge in [-0.3, -0.25) is 14.9 Å². The molecule has 31 heavy (non-hydrogen) atoms. The summed E-state index contributed by atoms with van der Waals surface area (Å²) in [5.41, 5.74) is 1.37. The van der Waals surface area contributed by atoms with Crippen LogP contribution in [0.2, 0.25) is 0 Å². The number of aliphatic imine (C=N–C) groups is 2. The van der Waals surface area contributed by atoms with Gasteiger partial charge in [0.1, 0.15) is 17.9 Å². The number of aryl methyl sites for hydroxylation is 1. The normalized spacial score (nSPS) is 11.9. The Hall–Kier alpha value is -3.95. The van der Waals surface area contributed by atoms with Crippen LogP contribution < -0.4 is 10.6 Å². The molecular formula is C21H17F3N4O3. The van der Waals surface area contributed by atoms with E-state index in [1.165, 1.54) is 24.3 Å². The van der Waals surface area contributed by atoms with E-state index in [-0.39, 0.29) is 17.1 Å². The third kappa shape index (κ3) is 5.78. The molecule has 3 aromatic rings. The van der Waals surface area contributed by atoms with Crippen LogP contribution in [0, 0.1) is 6.92 Å².